The first-order valence-electron chi connectivity index (χ1n) is 7.67. The van der Waals surface area contributed by atoms with Gasteiger partial charge < -0.3 is 0 Å². The van der Waals surface area contributed by atoms with Crippen LogP contribution in [0.4, 0.5) is 5.82 Å². The lowest BCUT2D eigenvalue weighted by Crippen LogP contribution is -2.14. The number of hydrogen-bond donors (Lipinski definition) is 1. The van der Waals surface area contributed by atoms with E-state index in [1.165, 1.54) is 37.7 Å². The smallest absolute Gasteiger partial charge is 0.263 e. The van der Waals surface area contributed by atoms with Crippen LogP contribution in [0.15, 0.2) is 41.4 Å². The third kappa shape index (κ3) is 3.32. The Morgan fingerprint density at radius 1 is 1.09 bits per heavy atom. The highest BCUT2D eigenvalue weighted by Gasteiger charge is 2.18. The van der Waals surface area contributed by atoms with Crippen molar-refractivity contribution >= 4 is 15.8 Å². The summed E-state index contributed by atoms with van der Waals surface area (Å²) in [7, 11) is -1.83. The normalized spacial score (nSPS) is 16.6. The number of aryl methyl sites for hydroxylation is 1. The average Bonchev–Trinajstić information content (AvgIpc) is 2.93. The zero-order valence-corrected chi connectivity index (χ0v) is 13.5. The molecule has 0 spiro atoms. The molecule has 0 aliphatic heterocycles. The molecule has 22 heavy (non-hydrogen) atoms. The maximum absolute atomic E-state index is 12.3. The highest BCUT2D eigenvalue weighted by molar-refractivity contribution is 7.92. The quantitative estimate of drug-likeness (QED) is 0.940. The number of rotatable bonds is 4. The van der Waals surface area contributed by atoms with Crippen LogP contribution in [0.1, 0.15) is 43.6 Å². The van der Waals surface area contributed by atoms with Crippen molar-refractivity contribution in [2.45, 2.75) is 42.9 Å². The zero-order chi connectivity index (χ0) is 15.6. The highest BCUT2D eigenvalue weighted by Crippen LogP contribution is 2.32. The number of anilines is 1. The second-order valence-corrected chi connectivity index (χ2v) is 7.57. The van der Waals surface area contributed by atoms with Gasteiger partial charge in [0.2, 0.25) is 0 Å². The summed E-state index contributed by atoms with van der Waals surface area (Å²) in [6, 6.07) is 8.91. The third-order valence-electron chi connectivity index (χ3n) is 4.22. The van der Waals surface area contributed by atoms with Crippen LogP contribution >= 0.6 is 0 Å². The molecule has 0 radical (unpaired) electrons. The van der Waals surface area contributed by atoms with Crippen molar-refractivity contribution in [2.24, 2.45) is 7.05 Å². The lowest BCUT2D eigenvalue weighted by Gasteiger charge is -2.22. The fourth-order valence-electron chi connectivity index (χ4n) is 3.02. The molecule has 1 fully saturated rings. The van der Waals surface area contributed by atoms with Gasteiger partial charge in [-0.1, -0.05) is 31.4 Å². The summed E-state index contributed by atoms with van der Waals surface area (Å²) in [6.45, 7) is 0. The third-order valence-corrected chi connectivity index (χ3v) is 5.59. The molecule has 1 aliphatic rings. The molecular weight excluding hydrogens is 298 g/mol. The van der Waals surface area contributed by atoms with Gasteiger partial charge in [0.15, 0.2) is 5.82 Å². The van der Waals surface area contributed by atoms with Crippen molar-refractivity contribution < 1.29 is 8.42 Å². The molecule has 0 amide bonds. The molecule has 6 heteroatoms. The van der Waals surface area contributed by atoms with Gasteiger partial charge in [0.25, 0.3) is 10.0 Å². The largest absolute Gasteiger partial charge is 0.274 e. The monoisotopic (exact) mass is 319 g/mol. The van der Waals surface area contributed by atoms with E-state index in [0.717, 1.165) is 0 Å². The van der Waals surface area contributed by atoms with Gasteiger partial charge >= 0.3 is 0 Å². The minimum absolute atomic E-state index is 0.276. The molecule has 5 nitrogen and oxygen atoms in total. The van der Waals surface area contributed by atoms with Crippen LogP contribution in [0.3, 0.4) is 0 Å². The van der Waals surface area contributed by atoms with Gasteiger partial charge in [0.05, 0.1) is 4.90 Å². The molecule has 0 unspecified atom stereocenters. The van der Waals surface area contributed by atoms with Crippen LogP contribution in [0.5, 0.6) is 0 Å². The van der Waals surface area contributed by atoms with Gasteiger partial charge in [0.1, 0.15) is 0 Å². The van der Waals surface area contributed by atoms with Crippen molar-refractivity contribution in [1.29, 1.82) is 0 Å². The molecule has 1 N–H and O–H groups in total. The van der Waals surface area contributed by atoms with E-state index in [4.69, 9.17) is 0 Å². The van der Waals surface area contributed by atoms with Gasteiger partial charge in [-0.15, -0.1) is 0 Å². The summed E-state index contributed by atoms with van der Waals surface area (Å²) in [5.74, 6) is 0.910. The van der Waals surface area contributed by atoms with Gasteiger partial charge in [-0.3, -0.25) is 9.40 Å². The Balaban J connectivity index is 1.76. The SMILES string of the molecule is Cn1ccc(NS(=O)(=O)c2ccc(C3CCCCC3)cc2)n1. The summed E-state index contributed by atoms with van der Waals surface area (Å²) < 4.78 is 28.7. The van der Waals surface area contributed by atoms with E-state index in [1.807, 2.05) is 12.1 Å². The predicted octanol–water partition coefficient (Wildman–Crippen LogP) is 3.27. The molecule has 3 rings (SSSR count). The van der Waals surface area contributed by atoms with Crippen LogP contribution in [-0.2, 0) is 17.1 Å². The van der Waals surface area contributed by atoms with Crippen molar-refractivity contribution in [2.75, 3.05) is 4.72 Å². The Hall–Kier alpha value is -1.82. The number of nitrogens with zero attached hydrogens (tertiary/aromatic N) is 2. The predicted molar refractivity (Wildman–Crippen MR) is 86.3 cm³/mol. The average molecular weight is 319 g/mol. The van der Waals surface area contributed by atoms with E-state index in [-0.39, 0.29) is 4.90 Å². The van der Waals surface area contributed by atoms with Crippen molar-refractivity contribution in [3.05, 3.63) is 42.1 Å². The van der Waals surface area contributed by atoms with Crippen LogP contribution in [0.25, 0.3) is 0 Å². The topological polar surface area (TPSA) is 64.0 Å². The molecule has 0 atom stereocenters. The van der Waals surface area contributed by atoms with Crippen LogP contribution in [0, 0.1) is 0 Å². The van der Waals surface area contributed by atoms with E-state index in [0.29, 0.717) is 11.7 Å². The maximum atomic E-state index is 12.3. The van der Waals surface area contributed by atoms with Gasteiger partial charge in [-0.2, -0.15) is 5.10 Å². The molecule has 1 aromatic heterocycles. The number of sulfonamides is 1. The summed E-state index contributed by atoms with van der Waals surface area (Å²) in [5, 5.41) is 4.04. The minimum Gasteiger partial charge on any atom is -0.274 e. The van der Waals surface area contributed by atoms with Gasteiger partial charge in [-0.25, -0.2) is 8.42 Å². The Morgan fingerprint density at radius 2 is 1.77 bits per heavy atom. The summed E-state index contributed by atoms with van der Waals surface area (Å²) in [4.78, 5) is 0.276. The molecule has 1 saturated carbocycles. The van der Waals surface area contributed by atoms with E-state index in [9.17, 15) is 8.42 Å². The highest BCUT2D eigenvalue weighted by atomic mass is 32.2. The summed E-state index contributed by atoms with van der Waals surface area (Å²) in [5.41, 5.74) is 1.25. The Bertz CT molecular complexity index is 729. The molecule has 2 aromatic rings. The van der Waals surface area contributed by atoms with Crippen LogP contribution < -0.4 is 4.72 Å². The first-order valence-corrected chi connectivity index (χ1v) is 9.15. The number of nitrogens with one attached hydrogen (secondary N) is 1. The molecule has 0 saturated heterocycles. The van der Waals surface area contributed by atoms with Crippen LogP contribution in [0.2, 0.25) is 0 Å². The fourth-order valence-corrected chi connectivity index (χ4v) is 4.02. The fraction of sp³-hybridized carbons (Fsp3) is 0.438. The number of benzene rings is 1. The lowest BCUT2D eigenvalue weighted by molar-refractivity contribution is 0.443. The first kappa shape index (κ1) is 15.1. The first-order chi connectivity index (χ1) is 10.5. The lowest BCUT2D eigenvalue weighted by atomic mass is 9.84. The Labute approximate surface area is 131 Å². The van der Waals surface area contributed by atoms with Crippen LogP contribution in [-0.4, -0.2) is 18.2 Å². The Kier molecular flexibility index (Phi) is 4.20. The number of aromatic nitrogens is 2. The van der Waals surface area contributed by atoms with Crippen molar-refractivity contribution in [3.63, 3.8) is 0 Å². The van der Waals surface area contributed by atoms with Gasteiger partial charge in [0, 0.05) is 19.3 Å². The standard InChI is InChI=1S/C16H21N3O2S/c1-19-12-11-16(17-19)18-22(20,21)15-9-7-14(8-10-15)13-5-3-2-4-6-13/h7-13H,2-6H2,1H3,(H,17,18). The summed E-state index contributed by atoms with van der Waals surface area (Å²) >= 11 is 0. The molecule has 0 bridgehead atoms. The van der Waals surface area contributed by atoms with E-state index >= 15 is 0 Å². The second kappa shape index (κ2) is 6.12. The molecule has 118 valence electrons. The number of hydrogen-bond acceptors (Lipinski definition) is 3. The Morgan fingerprint density at radius 3 is 2.36 bits per heavy atom. The summed E-state index contributed by atoms with van der Waals surface area (Å²) in [6.07, 6.45) is 7.97. The molecular formula is C16H21N3O2S. The molecule has 1 heterocycles. The minimum atomic E-state index is -3.57. The van der Waals surface area contributed by atoms with Crippen molar-refractivity contribution in [3.8, 4) is 0 Å². The second-order valence-electron chi connectivity index (χ2n) is 5.88. The molecule has 1 aliphatic carbocycles. The van der Waals surface area contributed by atoms with E-state index in [2.05, 4.69) is 9.82 Å². The molecule has 1 aromatic carbocycles. The van der Waals surface area contributed by atoms with E-state index < -0.39 is 10.0 Å². The van der Waals surface area contributed by atoms with E-state index in [1.54, 1.807) is 36.1 Å². The zero-order valence-electron chi connectivity index (χ0n) is 12.7. The van der Waals surface area contributed by atoms with Crippen molar-refractivity contribution in [1.82, 2.24) is 9.78 Å². The van der Waals surface area contributed by atoms with Gasteiger partial charge in [-0.05, 0) is 36.5 Å². The maximum Gasteiger partial charge on any atom is 0.263 e.